The van der Waals surface area contributed by atoms with Gasteiger partial charge in [0.2, 0.25) is 5.89 Å². The van der Waals surface area contributed by atoms with Crippen molar-refractivity contribution in [3.05, 3.63) is 41.5 Å². The molecule has 0 aliphatic heterocycles. The van der Waals surface area contributed by atoms with Crippen molar-refractivity contribution < 1.29 is 17.6 Å². The standard InChI is InChI=1S/C12H11F3N2O/c1-2-16-5-8-6-18-12(17-8)7-3-9(13)11(15)10(14)4-7/h3-4,6,16H,2,5H2,1H3. The van der Waals surface area contributed by atoms with Crippen LogP contribution in [0.4, 0.5) is 13.2 Å². The van der Waals surface area contributed by atoms with Crippen LogP contribution in [0, 0.1) is 17.5 Å². The van der Waals surface area contributed by atoms with E-state index in [0.717, 1.165) is 18.7 Å². The molecule has 6 heteroatoms. The van der Waals surface area contributed by atoms with Crippen LogP contribution in [-0.4, -0.2) is 11.5 Å². The van der Waals surface area contributed by atoms with Gasteiger partial charge in [-0.1, -0.05) is 6.92 Å². The predicted molar refractivity (Wildman–Crippen MR) is 59.2 cm³/mol. The maximum atomic E-state index is 13.0. The Hall–Kier alpha value is -1.82. The van der Waals surface area contributed by atoms with Crippen molar-refractivity contribution in [1.82, 2.24) is 10.3 Å². The molecule has 0 saturated carbocycles. The molecule has 1 aromatic heterocycles. The van der Waals surface area contributed by atoms with Crippen molar-refractivity contribution in [3.63, 3.8) is 0 Å². The van der Waals surface area contributed by atoms with Crippen LogP contribution < -0.4 is 5.32 Å². The van der Waals surface area contributed by atoms with Gasteiger partial charge in [-0.15, -0.1) is 0 Å². The van der Waals surface area contributed by atoms with Gasteiger partial charge in [0.05, 0.1) is 5.69 Å². The second-order valence-electron chi connectivity index (χ2n) is 3.68. The number of hydrogen-bond donors (Lipinski definition) is 1. The van der Waals surface area contributed by atoms with E-state index in [4.69, 9.17) is 4.42 Å². The highest BCUT2D eigenvalue weighted by atomic mass is 19.2. The van der Waals surface area contributed by atoms with Crippen molar-refractivity contribution in [2.75, 3.05) is 6.54 Å². The van der Waals surface area contributed by atoms with E-state index in [0.29, 0.717) is 12.2 Å². The molecule has 1 aromatic carbocycles. The molecule has 2 rings (SSSR count). The zero-order valence-electron chi connectivity index (χ0n) is 9.64. The van der Waals surface area contributed by atoms with Crippen molar-refractivity contribution in [3.8, 4) is 11.5 Å². The van der Waals surface area contributed by atoms with E-state index in [2.05, 4.69) is 10.3 Å². The number of aromatic nitrogens is 1. The summed E-state index contributed by atoms with van der Waals surface area (Å²) in [6.45, 7) is 3.19. The van der Waals surface area contributed by atoms with Gasteiger partial charge in [0, 0.05) is 12.1 Å². The molecule has 0 bridgehead atoms. The average molecular weight is 256 g/mol. The zero-order valence-corrected chi connectivity index (χ0v) is 9.64. The Bertz CT molecular complexity index is 531. The zero-order chi connectivity index (χ0) is 13.1. The minimum absolute atomic E-state index is 0.0562. The Morgan fingerprint density at radius 2 is 1.89 bits per heavy atom. The molecule has 1 heterocycles. The molecule has 96 valence electrons. The molecule has 0 radical (unpaired) electrons. The maximum Gasteiger partial charge on any atom is 0.226 e. The Morgan fingerprint density at radius 3 is 2.50 bits per heavy atom. The topological polar surface area (TPSA) is 38.1 Å². The van der Waals surface area contributed by atoms with E-state index in [-0.39, 0.29) is 11.5 Å². The SMILES string of the molecule is CCNCc1coc(-c2cc(F)c(F)c(F)c2)n1. The molecule has 0 fully saturated rings. The lowest BCUT2D eigenvalue weighted by Crippen LogP contribution is -2.11. The van der Waals surface area contributed by atoms with Crippen LogP contribution in [0.5, 0.6) is 0 Å². The number of benzene rings is 1. The lowest BCUT2D eigenvalue weighted by molar-refractivity contribution is 0.446. The van der Waals surface area contributed by atoms with Crippen LogP contribution in [0.3, 0.4) is 0 Å². The fraction of sp³-hybridized carbons (Fsp3) is 0.250. The van der Waals surface area contributed by atoms with Crippen LogP contribution in [0.15, 0.2) is 22.8 Å². The van der Waals surface area contributed by atoms with Crippen molar-refractivity contribution in [2.24, 2.45) is 0 Å². The minimum atomic E-state index is -1.50. The van der Waals surface area contributed by atoms with Gasteiger partial charge in [0.1, 0.15) is 6.26 Å². The number of nitrogens with zero attached hydrogens (tertiary/aromatic N) is 1. The molecular formula is C12H11F3N2O. The van der Waals surface area contributed by atoms with Gasteiger partial charge in [-0.2, -0.15) is 0 Å². The first kappa shape index (κ1) is 12.6. The van der Waals surface area contributed by atoms with Gasteiger partial charge in [-0.3, -0.25) is 0 Å². The first-order valence-electron chi connectivity index (χ1n) is 5.42. The number of nitrogens with one attached hydrogen (secondary N) is 1. The highest BCUT2D eigenvalue weighted by Gasteiger charge is 2.14. The Kier molecular flexibility index (Phi) is 3.66. The highest BCUT2D eigenvalue weighted by molar-refractivity contribution is 5.53. The van der Waals surface area contributed by atoms with Gasteiger partial charge in [0.25, 0.3) is 0 Å². The van der Waals surface area contributed by atoms with Gasteiger partial charge < -0.3 is 9.73 Å². The molecule has 0 saturated heterocycles. The number of oxazole rings is 1. The van der Waals surface area contributed by atoms with Crippen LogP contribution >= 0.6 is 0 Å². The second-order valence-corrected chi connectivity index (χ2v) is 3.68. The van der Waals surface area contributed by atoms with Crippen molar-refractivity contribution in [1.29, 1.82) is 0 Å². The number of hydrogen-bond acceptors (Lipinski definition) is 3. The quantitative estimate of drug-likeness (QED) is 0.855. The van der Waals surface area contributed by atoms with E-state index in [1.165, 1.54) is 6.26 Å². The summed E-state index contributed by atoms with van der Waals surface area (Å²) >= 11 is 0. The molecular weight excluding hydrogens is 245 g/mol. The van der Waals surface area contributed by atoms with Crippen LogP contribution in [0.2, 0.25) is 0 Å². The molecule has 0 aliphatic rings. The lowest BCUT2D eigenvalue weighted by atomic mass is 10.2. The normalized spacial score (nSPS) is 10.9. The van der Waals surface area contributed by atoms with E-state index in [1.807, 2.05) is 6.92 Å². The van der Waals surface area contributed by atoms with Gasteiger partial charge in [-0.05, 0) is 18.7 Å². The maximum absolute atomic E-state index is 13.0. The third-order valence-corrected chi connectivity index (χ3v) is 2.34. The summed E-state index contributed by atoms with van der Waals surface area (Å²) in [6, 6.07) is 1.70. The molecule has 2 aromatic rings. The summed E-state index contributed by atoms with van der Waals surface area (Å²) in [5, 5.41) is 3.03. The van der Waals surface area contributed by atoms with E-state index >= 15 is 0 Å². The molecule has 0 unspecified atom stereocenters. The molecule has 18 heavy (non-hydrogen) atoms. The molecule has 3 nitrogen and oxygen atoms in total. The van der Waals surface area contributed by atoms with E-state index < -0.39 is 17.5 Å². The fourth-order valence-corrected chi connectivity index (χ4v) is 1.45. The Balaban J connectivity index is 2.28. The van der Waals surface area contributed by atoms with Gasteiger partial charge in [-0.25, -0.2) is 18.2 Å². The van der Waals surface area contributed by atoms with Crippen LogP contribution in [0.1, 0.15) is 12.6 Å². The molecule has 0 aliphatic carbocycles. The smallest absolute Gasteiger partial charge is 0.226 e. The molecule has 0 atom stereocenters. The first-order chi connectivity index (χ1) is 8.61. The summed E-state index contributed by atoms with van der Waals surface area (Å²) in [7, 11) is 0. The third-order valence-electron chi connectivity index (χ3n) is 2.34. The molecule has 0 amide bonds. The van der Waals surface area contributed by atoms with Crippen LogP contribution in [0.25, 0.3) is 11.5 Å². The summed E-state index contributed by atoms with van der Waals surface area (Å²) in [5.74, 6) is -3.98. The fourth-order valence-electron chi connectivity index (χ4n) is 1.45. The van der Waals surface area contributed by atoms with Crippen LogP contribution in [-0.2, 0) is 6.54 Å². The Labute approximate surface area is 102 Å². The first-order valence-corrected chi connectivity index (χ1v) is 5.42. The third kappa shape index (κ3) is 2.53. The Morgan fingerprint density at radius 1 is 1.22 bits per heavy atom. The van der Waals surface area contributed by atoms with E-state index in [9.17, 15) is 13.2 Å². The minimum Gasteiger partial charge on any atom is -0.444 e. The highest BCUT2D eigenvalue weighted by Crippen LogP contribution is 2.23. The monoisotopic (exact) mass is 256 g/mol. The van der Waals surface area contributed by atoms with Gasteiger partial charge in [0.15, 0.2) is 17.5 Å². The summed E-state index contributed by atoms with van der Waals surface area (Å²) in [5.41, 5.74) is 0.672. The number of rotatable bonds is 4. The average Bonchev–Trinajstić information content (AvgIpc) is 2.81. The van der Waals surface area contributed by atoms with Gasteiger partial charge >= 0.3 is 0 Å². The summed E-state index contributed by atoms with van der Waals surface area (Å²) in [6.07, 6.45) is 1.39. The summed E-state index contributed by atoms with van der Waals surface area (Å²) in [4.78, 5) is 4.04. The molecule has 1 N–H and O–H groups in total. The largest absolute Gasteiger partial charge is 0.444 e. The predicted octanol–water partition coefficient (Wildman–Crippen LogP) is 2.87. The number of halogens is 3. The summed E-state index contributed by atoms with van der Waals surface area (Å²) < 4.78 is 44.0. The second kappa shape index (κ2) is 5.22. The molecule has 0 spiro atoms. The van der Waals surface area contributed by atoms with E-state index in [1.54, 1.807) is 0 Å². The van der Waals surface area contributed by atoms with Crippen molar-refractivity contribution >= 4 is 0 Å². The lowest BCUT2D eigenvalue weighted by Gasteiger charge is -1.99. The van der Waals surface area contributed by atoms with Crippen molar-refractivity contribution in [2.45, 2.75) is 13.5 Å².